The summed E-state index contributed by atoms with van der Waals surface area (Å²) in [6.07, 6.45) is 4.48. The van der Waals surface area contributed by atoms with E-state index in [0.29, 0.717) is 5.13 Å². The Balaban J connectivity index is 1.62. The Kier molecular flexibility index (Phi) is 5.35. The number of nitrogen functional groups attached to an aromatic ring is 1. The minimum absolute atomic E-state index is 0.145. The van der Waals surface area contributed by atoms with Crippen LogP contribution in [0, 0.1) is 0 Å². The SMILES string of the molecule is COc1ccc([C@H](Cc2ccc(-c3ccncc3)cc2)c2csc(N)n2)cc1. The summed E-state index contributed by atoms with van der Waals surface area (Å²) in [4.78, 5) is 8.63. The van der Waals surface area contributed by atoms with Crippen molar-refractivity contribution in [1.82, 2.24) is 9.97 Å². The third-order valence-corrected chi connectivity index (χ3v) is 5.51. The van der Waals surface area contributed by atoms with E-state index in [-0.39, 0.29) is 5.92 Å². The average molecular weight is 388 g/mol. The molecule has 0 aliphatic rings. The molecule has 1 atom stereocenters. The molecule has 2 N–H and O–H groups in total. The van der Waals surface area contributed by atoms with Crippen molar-refractivity contribution < 1.29 is 4.74 Å². The summed E-state index contributed by atoms with van der Waals surface area (Å²) in [7, 11) is 1.68. The van der Waals surface area contributed by atoms with E-state index in [0.717, 1.165) is 17.9 Å². The number of nitrogens with two attached hydrogens (primary N) is 1. The van der Waals surface area contributed by atoms with Crippen molar-refractivity contribution in [2.24, 2.45) is 0 Å². The Morgan fingerprint density at radius 2 is 1.61 bits per heavy atom. The van der Waals surface area contributed by atoms with E-state index in [2.05, 4.69) is 51.7 Å². The molecular formula is C23H21N3OS. The molecule has 0 radical (unpaired) electrons. The molecule has 2 heterocycles. The molecule has 2 aromatic heterocycles. The molecule has 0 amide bonds. The second kappa shape index (κ2) is 8.23. The first kappa shape index (κ1) is 18.2. The maximum atomic E-state index is 5.90. The molecule has 4 nitrogen and oxygen atoms in total. The van der Waals surface area contributed by atoms with Crippen LogP contribution in [-0.4, -0.2) is 17.1 Å². The first-order valence-corrected chi connectivity index (χ1v) is 9.95. The highest BCUT2D eigenvalue weighted by Crippen LogP contribution is 2.32. The Hall–Kier alpha value is -3.18. The van der Waals surface area contributed by atoms with E-state index in [9.17, 15) is 0 Å². The largest absolute Gasteiger partial charge is 0.497 e. The lowest BCUT2D eigenvalue weighted by molar-refractivity contribution is 0.414. The first-order chi connectivity index (χ1) is 13.7. The average Bonchev–Trinajstić information content (AvgIpc) is 3.19. The minimum atomic E-state index is 0.145. The fraction of sp³-hybridized carbons (Fsp3) is 0.130. The van der Waals surface area contributed by atoms with Gasteiger partial charge in [0, 0.05) is 23.7 Å². The molecule has 4 aromatic rings. The van der Waals surface area contributed by atoms with Crippen LogP contribution in [-0.2, 0) is 6.42 Å². The summed E-state index contributed by atoms with van der Waals surface area (Å²) < 4.78 is 5.29. The lowest BCUT2D eigenvalue weighted by Crippen LogP contribution is -2.06. The van der Waals surface area contributed by atoms with Crippen LogP contribution < -0.4 is 10.5 Å². The van der Waals surface area contributed by atoms with Gasteiger partial charge in [0.25, 0.3) is 0 Å². The Morgan fingerprint density at radius 1 is 0.929 bits per heavy atom. The van der Waals surface area contributed by atoms with E-state index in [1.54, 1.807) is 7.11 Å². The number of benzene rings is 2. The highest BCUT2D eigenvalue weighted by Gasteiger charge is 2.18. The van der Waals surface area contributed by atoms with Gasteiger partial charge in [-0.05, 0) is 52.9 Å². The molecule has 0 aliphatic heterocycles. The van der Waals surface area contributed by atoms with Crippen LogP contribution in [0.2, 0.25) is 0 Å². The summed E-state index contributed by atoms with van der Waals surface area (Å²) in [5, 5.41) is 2.65. The van der Waals surface area contributed by atoms with Gasteiger partial charge >= 0.3 is 0 Å². The predicted molar refractivity (Wildman–Crippen MR) is 115 cm³/mol. The van der Waals surface area contributed by atoms with E-state index in [1.807, 2.05) is 36.7 Å². The summed E-state index contributed by atoms with van der Waals surface area (Å²) in [5.41, 5.74) is 11.7. The number of hydrogen-bond donors (Lipinski definition) is 1. The second-order valence-corrected chi connectivity index (χ2v) is 7.46. The Morgan fingerprint density at radius 3 is 2.21 bits per heavy atom. The molecule has 0 saturated carbocycles. The van der Waals surface area contributed by atoms with Crippen LogP contribution in [0.4, 0.5) is 5.13 Å². The number of nitrogens with zero attached hydrogens (tertiary/aromatic N) is 2. The quantitative estimate of drug-likeness (QED) is 0.496. The third-order valence-electron chi connectivity index (χ3n) is 4.82. The number of anilines is 1. The molecule has 5 heteroatoms. The maximum Gasteiger partial charge on any atom is 0.180 e. The summed E-state index contributed by atoms with van der Waals surface area (Å²) in [5.74, 6) is 0.994. The molecule has 0 bridgehead atoms. The first-order valence-electron chi connectivity index (χ1n) is 9.07. The fourth-order valence-corrected chi connectivity index (χ4v) is 3.92. The highest BCUT2D eigenvalue weighted by atomic mass is 32.1. The fourth-order valence-electron chi connectivity index (χ4n) is 3.30. The highest BCUT2D eigenvalue weighted by molar-refractivity contribution is 7.13. The smallest absolute Gasteiger partial charge is 0.180 e. The molecule has 0 spiro atoms. The lowest BCUT2D eigenvalue weighted by atomic mass is 9.89. The standard InChI is InChI=1S/C23H21N3OS/c1-27-20-8-6-19(7-9-20)21(22-15-28-23(24)26-22)14-16-2-4-17(5-3-16)18-10-12-25-13-11-18/h2-13,15,21H,14H2,1H3,(H2,24,26)/t21-/m0/s1. The van der Waals surface area contributed by atoms with Crippen LogP contribution >= 0.6 is 11.3 Å². The monoisotopic (exact) mass is 387 g/mol. The van der Waals surface area contributed by atoms with E-state index in [1.165, 1.54) is 33.6 Å². The molecule has 4 rings (SSSR count). The van der Waals surface area contributed by atoms with Gasteiger partial charge in [0.2, 0.25) is 0 Å². The van der Waals surface area contributed by atoms with E-state index >= 15 is 0 Å². The van der Waals surface area contributed by atoms with Gasteiger partial charge in [-0.2, -0.15) is 0 Å². The van der Waals surface area contributed by atoms with Crippen molar-refractivity contribution in [3.8, 4) is 16.9 Å². The zero-order valence-electron chi connectivity index (χ0n) is 15.6. The molecule has 0 unspecified atom stereocenters. The Labute approximate surface area is 168 Å². The molecule has 28 heavy (non-hydrogen) atoms. The van der Waals surface area contributed by atoms with Crippen molar-refractivity contribution in [2.45, 2.75) is 12.3 Å². The second-order valence-electron chi connectivity index (χ2n) is 6.57. The van der Waals surface area contributed by atoms with Crippen molar-refractivity contribution in [3.63, 3.8) is 0 Å². The van der Waals surface area contributed by atoms with Crippen LogP contribution in [0.1, 0.15) is 22.7 Å². The molecular weight excluding hydrogens is 366 g/mol. The summed E-state index contributed by atoms with van der Waals surface area (Å²) in [6, 6.07) is 20.9. The van der Waals surface area contributed by atoms with Gasteiger partial charge in [-0.3, -0.25) is 4.98 Å². The Bertz CT molecular complexity index is 1030. The molecule has 0 saturated heterocycles. The number of ether oxygens (including phenoxy) is 1. The molecule has 0 aliphatic carbocycles. The molecule has 2 aromatic carbocycles. The predicted octanol–water partition coefficient (Wildman–Crippen LogP) is 5.17. The van der Waals surface area contributed by atoms with Crippen molar-refractivity contribution in [2.75, 3.05) is 12.8 Å². The van der Waals surface area contributed by atoms with Gasteiger partial charge in [0.15, 0.2) is 5.13 Å². The van der Waals surface area contributed by atoms with Crippen molar-refractivity contribution in [1.29, 1.82) is 0 Å². The number of aromatic nitrogens is 2. The van der Waals surface area contributed by atoms with Gasteiger partial charge in [0.05, 0.1) is 12.8 Å². The normalized spacial score (nSPS) is 11.9. The zero-order valence-corrected chi connectivity index (χ0v) is 16.4. The topological polar surface area (TPSA) is 61.0 Å². The minimum Gasteiger partial charge on any atom is -0.497 e. The van der Waals surface area contributed by atoms with Gasteiger partial charge in [-0.25, -0.2) is 4.98 Å². The van der Waals surface area contributed by atoms with Gasteiger partial charge in [-0.1, -0.05) is 36.4 Å². The number of methoxy groups -OCH3 is 1. The van der Waals surface area contributed by atoms with Gasteiger partial charge in [-0.15, -0.1) is 11.3 Å². The van der Waals surface area contributed by atoms with Crippen molar-refractivity contribution in [3.05, 3.63) is 95.3 Å². The number of thiazole rings is 1. The van der Waals surface area contributed by atoms with Crippen LogP contribution in [0.3, 0.4) is 0 Å². The van der Waals surface area contributed by atoms with Gasteiger partial charge in [0.1, 0.15) is 5.75 Å². The molecule has 0 fully saturated rings. The number of rotatable bonds is 6. The lowest BCUT2D eigenvalue weighted by Gasteiger charge is -2.16. The number of hydrogen-bond acceptors (Lipinski definition) is 5. The van der Waals surface area contributed by atoms with Crippen LogP contribution in [0.5, 0.6) is 5.75 Å². The molecule has 140 valence electrons. The number of pyridine rings is 1. The zero-order chi connectivity index (χ0) is 19.3. The van der Waals surface area contributed by atoms with E-state index in [4.69, 9.17) is 10.5 Å². The van der Waals surface area contributed by atoms with Crippen molar-refractivity contribution >= 4 is 16.5 Å². The summed E-state index contributed by atoms with van der Waals surface area (Å²) in [6.45, 7) is 0. The third kappa shape index (κ3) is 4.05. The van der Waals surface area contributed by atoms with Crippen LogP contribution in [0.15, 0.2) is 78.4 Å². The van der Waals surface area contributed by atoms with Crippen LogP contribution in [0.25, 0.3) is 11.1 Å². The van der Waals surface area contributed by atoms with E-state index < -0.39 is 0 Å². The summed E-state index contributed by atoms with van der Waals surface area (Å²) >= 11 is 1.48. The van der Waals surface area contributed by atoms with Gasteiger partial charge < -0.3 is 10.5 Å². The maximum absolute atomic E-state index is 5.90.